The van der Waals surface area contributed by atoms with Gasteiger partial charge in [-0.05, 0) is 46.1 Å². The third-order valence-electron chi connectivity index (χ3n) is 4.54. The molecule has 1 N–H and O–H groups in total. The lowest BCUT2D eigenvalue weighted by molar-refractivity contribution is -0.130. The average Bonchev–Trinajstić information content (AvgIpc) is 2.91. The van der Waals surface area contributed by atoms with E-state index < -0.39 is 0 Å². The molecule has 2 heterocycles. The van der Waals surface area contributed by atoms with Gasteiger partial charge in [-0.25, -0.2) is 0 Å². The van der Waals surface area contributed by atoms with Gasteiger partial charge in [0.2, 0.25) is 5.91 Å². The van der Waals surface area contributed by atoms with Gasteiger partial charge in [0.1, 0.15) is 0 Å². The minimum Gasteiger partial charge on any atom is -0.325 e. The molecule has 2 aliphatic rings. The zero-order valence-corrected chi connectivity index (χ0v) is 12.9. The van der Waals surface area contributed by atoms with Crippen molar-refractivity contribution in [2.75, 3.05) is 19.6 Å². The number of hydrogen-bond acceptors (Lipinski definition) is 3. The van der Waals surface area contributed by atoms with Crippen LogP contribution in [0.15, 0.2) is 0 Å². The first kappa shape index (κ1) is 14.8. The van der Waals surface area contributed by atoms with Gasteiger partial charge in [0.05, 0.1) is 12.2 Å². The highest BCUT2D eigenvalue weighted by atomic mass is 16.2. The Kier molecular flexibility index (Phi) is 4.85. The molecule has 0 aromatic heterocycles. The number of nitrogens with one attached hydrogen (secondary N) is 1. The molecule has 0 aromatic carbocycles. The van der Waals surface area contributed by atoms with Crippen LogP contribution in [0, 0.1) is 5.92 Å². The van der Waals surface area contributed by atoms with Gasteiger partial charge in [-0.15, -0.1) is 0 Å². The van der Waals surface area contributed by atoms with Crippen molar-refractivity contribution >= 4 is 5.91 Å². The van der Waals surface area contributed by atoms with Gasteiger partial charge in [-0.1, -0.05) is 13.3 Å². The van der Waals surface area contributed by atoms with E-state index in [-0.39, 0.29) is 12.2 Å². The molecular weight excluding hydrogens is 238 g/mol. The second kappa shape index (κ2) is 6.23. The Morgan fingerprint density at radius 3 is 2.74 bits per heavy atom. The maximum absolute atomic E-state index is 12.2. The molecule has 0 saturated carbocycles. The minimum atomic E-state index is -0.000783. The molecule has 0 aliphatic carbocycles. The maximum Gasteiger partial charge on any atom is 0.240 e. The molecule has 2 saturated heterocycles. The van der Waals surface area contributed by atoms with Gasteiger partial charge in [0, 0.05) is 19.1 Å². The van der Waals surface area contributed by atoms with Crippen molar-refractivity contribution in [1.82, 2.24) is 15.1 Å². The molecule has 3 atom stereocenters. The van der Waals surface area contributed by atoms with Gasteiger partial charge in [0.25, 0.3) is 0 Å². The first-order valence-electron chi connectivity index (χ1n) is 7.83. The zero-order valence-electron chi connectivity index (χ0n) is 12.9. The Morgan fingerprint density at radius 1 is 1.42 bits per heavy atom. The molecule has 0 aromatic rings. The van der Waals surface area contributed by atoms with Crippen molar-refractivity contribution in [3.05, 3.63) is 0 Å². The Balaban J connectivity index is 1.92. The molecule has 0 bridgehead atoms. The summed E-state index contributed by atoms with van der Waals surface area (Å²) in [6.45, 7) is 12.0. The van der Waals surface area contributed by atoms with Gasteiger partial charge in [-0.2, -0.15) is 0 Å². The average molecular weight is 267 g/mol. The normalized spacial score (nSPS) is 32.8. The number of nitrogens with zero attached hydrogens (tertiary/aromatic N) is 2. The van der Waals surface area contributed by atoms with Crippen molar-refractivity contribution in [3.8, 4) is 0 Å². The van der Waals surface area contributed by atoms with Crippen molar-refractivity contribution in [2.24, 2.45) is 5.92 Å². The number of rotatable bonds is 5. The fourth-order valence-electron chi connectivity index (χ4n) is 3.34. The Hall–Kier alpha value is -0.610. The molecule has 1 amide bonds. The van der Waals surface area contributed by atoms with Gasteiger partial charge >= 0.3 is 0 Å². The molecule has 110 valence electrons. The van der Waals surface area contributed by atoms with Gasteiger partial charge in [-0.3, -0.25) is 10.1 Å². The van der Waals surface area contributed by atoms with Crippen LogP contribution in [0.25, 0.3) is 0 Å². The van der Waals surface area contributed by atoms with Crippen molar-refractivity contribution in [2.45, 2.75) is 65.2 Å². The summed E-state index contributed by atoms with van der Waals surface area (Å²) >= 11 is 0. The minimum absolute atomic E-state index is 0.000783. The highest BCUT2D eigenvalue weighted by Gasteiger charge is 2.37. The van der Waals surface area contributed by atoms with E-state index in [1.165, 1.54) is 13.0 Å². The fraction of sp³-hybridized carbons (Fsp3) is 0.933. The van der Waals surface area contributed by atoms with E-state index in [0.29, 0.717) is 17.9 Å². The monoisotopic (exact) mass is 267 g/mol. The van der Waals surface area contributed by atoms with Crippen LogP contribution in [0.1, 0.15) is 47.0 Å². The predicted molar refractivity (Wildman–Crippen MR) is 77.8 cm³/mol. The van der Waals surface area contributed by atoms with E-state index in [1.807, 2.05) is 6.92 Å². The maximum atomic E-state index is 12.2. The second-order valence-electron chi connectivity index (χ2n) is 6.43. The smallest absolute Gasteiger partial charge is 0.240 e. The van der Waals surface area contributed by atoms with Crippen molar-refractivity contribution in [1.29, 1.82) is 0 Å². The molecular formula is C15H29N3O. The van der Waals surface area contributed by atoms with E-state index in [0.717, 1.165) is 25.9 Å². The molecule has 2 aliphatic heterocycles. The Bertz CT molecular complexity index is 319. The van der Waals surface area contributed by atoms with Gasteiger partial charge < -0.3 is 9.80 Å². The molecule has 4 nitrogen and oxygen atoms in total. The quantitative estimate of drug-likeness (QED) is 0.823. The van der Waals surface area contributed by atoms with Crippen LogP contribution in [-0.2, 0) is 4.79 Å². The summed E-state index contributed by atoms with van der Waals surface area (Å²) in [4.78, 5) is 16.9. The summed E-state index contributed by atoms with van der Waals surface area (Å²) in [6, 6.07) is 0.627. The standard InChI is InChI=1S/C15H29N3O/c1-5-6-14-16-12(4)15(19)18(14)10-13-7-8-17(9-13)11(2)3/h11-14,16H,5-10H2,1-4H3. The van der Waals surface area contributed by atoms with E-state index in [1.54, 1.807) is 0 Å². The van der Waals surface area contributed by atoms with Gasteiger partial charge in [0.15, 0.2) is 0 Å². The van der Waals surface area contributed by atoms with Crippen LogP contribution in [-0.4, -0.2) is 53.6 Å². The number of carbonyl (C=O) groups excluding carboxylic acids is 1. The molecule has 0 spiro atoms. The summed E-state index contributed by atoms with van der Waals surface area (Å²) < 4.78 is 0. The second-order valence-corrected chi connectivity index (χ2v) is 6.43. The van der Waals surface area contributed by atoms with Crippen LogP contribution in [0.3, 0.4) is 0 Å². The Morgan fingerprint density at radius 2 is 2.16 bits per heavy atom. The molecule has 4 heteroatoms. The van der Waals surface area contributed by atoms with E-state index >= 15 is 0 Å². The number of likely N-dealkylation sites (tertiary alicyclic amines) is 1. The third-order valence-corrected chi connectivity index (χ3v) is 4.54. The fourth-order valence-corrected chi connectivity index (χ4v) is 3.34. The summed E-state index contributed by atoms with van der Waals surface area (Å²) in [6.07, 6.45) is 3.68. The van der Waals surface area contributed by atoms with Crippen LogP contribution >= 0.6 is 0 Å². The highest BCUT2D eigenvalue weighted by molar-refractivity contribution is 5.83. The predicted octanol–water partition coefficient (Wildman–Crippen LogP) is 1.66. The molecule has 2 rings (SSSR count). The first-order valence-corrected chi connectivity index (χ1v) is 7.83. The van der Waals surface area contributed by atoms with Crippen molar-refractivity contribution < 1.29 is 4.79 Å². The Labute approximate surface area is 117 Å². The summed E-state index contributed by atoms with van der Waals surface area (Å²) in [5.41, 5.74) is 0. The number of carbonyl (C=O) groups is 1. The lowest BCUT2D eigenvalue weighted by Crippen LogP contribution is -2.41. The summed E-state index contributed by atoms with van der Waals surface area (Å²) in [5, 5.41) is 3.43. The topological polar surface area (TPSA) is 35.6 Å². The van der Waals surface area contributed by atoms with Crippen LogP contribution in [0.2, 0.25) is 0 Å². The highest BCUT2D eigenvalue weighted by Crippen LogP contribution is 2.23. The lowest BCUT2D eigenvalue weighted by atomic mass is 10.1. The van der Waals surface area contributed by atoms with Crippen LogP contribution in [0.4, 0.5) is 0 Å². The molecule has 3 unspecified atom stereocenters. The van der Waals surface area contributed by atoms with Crippen LogP contribution < -0.4 is 5.32 Å². The first-order chi connectivity index (χ1) is 9.02. The third kappa shape index (κ3) is 3.29. The van der Waals surface area contributed by atoms with E-state index in [4.69, 9.17) is 0 Å². The zero-order chi connectivity index (χ0) is 14.0. The van der Waals surface area contributed by atoms with E-state index in [9.17, 15) is 4.79 Å². The van der Waals surface area contributed by atoms with E-state index in [2.05, 4.69) is 35.9 Å². The molecule has 0 radical (unpaired) electrons. The molecule has 19 heavy (non-hydrogen) atoms. The lowest BCUT2D eigenvalue weighted by Gasteiger charge is -2.27. The van der Waals surface area contributed by atoms with Crippen LogP contribution in [0.5, 0.6) is 0 Å². The largest absolute Gasteiger partial charge is 0.325 e. The molecule has 2 fully saturated rings. The summed E-state index contributed by atoms with van der Waals surface area (Å²) in [5.74, 6) is 0.944. The number of hydrogen-bond donors (Lipinski definition) is 1. The van der Waals surface area contributed by atoms with Crippen molar-refractivity contribution in [3.63, 3.8) is 0 Å². The number of amides is 1. The SMILES string of the molecule is CCCC1NC(C)C(=O)N1CC1CCN(C(C)C)C1. The summed E-state index contributed by atoms with van der Waals surface area (Å²) in [7, 11) is 0.